The van der Waals surface area contributed by atoms with Gasteiger partial charge in [0.05, 0.1) is 11.7 Å². The second kappa shape index (κ2) is 7.33. The van der Waals surface area contributed by atoms with E-state index in [1.54, 1.807) is 16.7 Å². The minimum Gasteiger partial charge on any atom is -0.481 e. The molecule has 4 nitrogen and oxygen atoms in total. The lowest BCUT2D eigenvalue weighted by Crippen LogP contribution is -2.43. The van der Waals surface area contributed by atoms with E-state index in [2.05, 4.69) is 0 Å². The molecule has 0 spiro atoms. The molecule has 0 unspecified atom stereocenters. The molecule has 1 aliphatic rings. The summed E-state index contributed by atoms with van der Waals surface area (Å²) in [5, 5.41) is 9.02. The molecule has 1 fully saturated rings. The van der Waals surface area contributed by atoms with E-state index in [1.165, 1.54) is 5.56 Å². The van der Waals surface area contributed by atoms with Gasteiger partial charge in [0.15, 0.2) is 0 Å². The molecule has 1 amide bonds. The quantitative estimate of drug-likeness (QED) is 0.904. The number of aliphatic carboxylic acids is 1. The highest BCUT2D eigenvalue weighted by atomic mass is 32.2. The third kappa shape index (κ3) is 4.27. The number of piperidine rings is 1. The number of carboxylic acid groups (broad SMARTS) is 1. The first kappa shape index (κ1) is 14.9. The van der Waals surface area contributed by atoms with Crippen molar-refractivity contribution in [1.29, 1.82) is 0 Å². The Kier molecular flexibility index (Phi) is 5.47. The van der Waals surface area contributed by atoms with Crippen molar-refractivity contribution in [2.45, 2.75) is 18.6 Å². The molecule has 1 aliphatic heterocycles. The maximum atomic E-state index is 12.1. The molecule has 1 saturated heterocycles. The zero-order chi connectivity index (χ0) is 14.4. The number of benzene rings is 1. The Hall–Kier alpha value is -1.49. The summed E-state index contributed by atoms with van der Waals surface area (Å²) in [5.74, 6) is 0.0902. The van der Waals surface area contributed by atoms with E-state index in [0.717, 1.165) is 12.2 Å². The van der Waals surface area contributed by atoms with Crippen molar-refractivity contribution in [2.75, 3.05) is 18.8 Å². The number of carbonyl (C=O) groups excluding carboxylic acids is 1. The summed E-state index contributed by atoms with van der Waals surface area (Å²) in [6.45, 7) is 1.05. The van der Waals surface area contributed by atoms with Gasteiger partial charge in [0.25, 0.3) is 0 Å². The second-order valence-electron chi connectivity index (χ2n) is 5.00. The van der Waals surface area contributed by atoms with E-state index in [1.807, 2.05) is 30.3 Å². The van der Waals surface area contributed by atoms with Crippen LogP contribution in [0.15, 0.2) is 30.3 Å². The van der Waals surface area contributed by atoms with Gasteiger partial charge < -0.3 is 10.0 Å². The topological polar surface area (TPSA) is 57.6 Å². The highest BCUT2D eigenvalue weighted by molar-refractivity contribution is 7.99. The summed E-state index contributed by atoms with van der Waals surface area (Å²) < 4.78 is 0. The second-order valence-corrected chi connectivity index (χ2v) is 5.98. The number of carboxylic acids is 1. The average Bonchev–Trinajstić information content (AvgIpc) is 2.48. The molecule has 0 radical (unpaired) electrons. The van der Waals surface area contributed by atoms with Gasteiger partial charge in [0.2, 0.25) is 5.91 Å². The summed E-state index contributed by atoms with van der Waals surface area (Å²) >= 11 is 1.58. The zero-order valence-corrected chi connectivity index (χ0v) is 12.1. The lowest BCUT2D eigenvalue weighted by Gasteiger charge is -2.30. The predicted octanol–water partition coefficient (Wildman–Crippen LogP) is 2.24. The van der Waals surface area contributed by atoms with Gasteiger partial charge in [-0.2, -0.15) is 0 Å². The first-order valence-electron chi connectivity index (χ1n) is 6.79. The van der Waals surface area contributed by atoms with Crippen molar-refractivity contribution in [1.82, 2.24) is 4.90 Å². The van der Waals surface area contributed by atoms with Crippen molar-refractivity contribution in [3.8, 4) is 0 Å². The van der Waals surface area contributed by atoms with E-state index in [-0.39, 0.29) is 5.91 Å². The summed E-state index contributed by atoms with van der Waals surface area (Å²) in [7, 11) is 0. The number of likely N-dealkylation sites (tertiary alicyclic amines) is 1. The molecule has 1 N–H and O–H groups in total. The highest BCUT2D eigenvalue weighted by Crippen LogP contribution is 2.19. The Bertz CT molecular complexity index is 463. The van der Waals surface area contributed by atoms with Gasteiger partial charge in [-0.25, -0.2) is 0 Å². The number of carbonyl (C=O) groups is 2. The van der Waals surface area contributed by atoms with Crippen LogP contribution < -0.4 is 0 Å². The van der Waals surface area contributed by atoms with Crippen LogP contribution in [0.4, 0.5) is 0 Å². The normalized spacial score (nSPS) is 18.8. The van der Waals surface area contributed by atoms with Crippen LogP contribution in [0.1, 0.15) is 18.4 Å². The van der Waals surface area contributed by atoms with E-state index >= 15 is 0 Å². The first-order valence-corrected chi connectivity index (χ1v) is 7.94. The maximum absolute atomic E-state index is 12.1. The van der Waals surface area contributed by atoms with Crippen molar-refractivity contribution in [3.63, 3.8) is 0 Å². The van der Waals surface area contributed by atoms with Crippen LogP contribution in [-0.2, 0) is 15.3 Å². The Labute approximate surface area is 123 Å². The Morgan fingerprint density at radius 2 is 2.05 bits per heavy atom. The minimum absolute atomic E-state index is 0.0527. The SMILES string of the molecule is O=C(O)[C@@H]1CCCN(C(=O)CSCc2ccccc2)C1. The maximum Gasteiger partial charge on any atom is 0.308 e. The average molecular weight is 293 g/mol. The summed E-state index contributed by atoms with van der Waals surface area (Å²) in [6.07, 6.45) is 1.46. The monoisotopic (exact) mass is 293 g/mol. The molecular weight excluding hydrogens is 274 g/mol. The smallest absolute Gasteiger partial charge is 0.308 e. The fourth-order valence-electron chi connectivity index (χ4n) is 2.33. The van der Waals surface area contributed by atoms with Crippen molar-refractivity contribution < 1.29 is 14.7 Å². The summed E-state index contributed by atoms with van der Waals surface area (Å²) in [6, 6.07) is 10.0. The minimum atomic E-state index is -0.792. The van der Waals surface area contributed by atoms with Crippen LogP contribution in [0.2, 0.25) is 0 Å². The van der Waals surface area contributed by atoms with Gasteiger partial charge in [0, 0.05) is 18.8 Å². The number of amides is 1. The van der Waals surface area contributed by atoms with Crippen LogP contribution in [0.5, 0.6) is 0 Å². The first-order chi connectivity index (χ1) is 9.66. The third-order valence-electron chi connectivity index (χ3n) is 3.46. The van der Waals surface area contributed by atoms with E-state index in [9.17, 15) is 9.59 Å². The number of hydrogen-bond donors (Lipinski definition) is 1. The molecule has 1 atom stereocenters. The lowest BCUT2D eigenvalue weighted by molar-refractivity contribution is -0.145. The zero-order valence-electron chi connectivity index (χ0n) is 11.3. The van der Waals surface area contributed by atoms with Crippen LogP contribution in [0.3, 0.4) is 0 Å². The molecule has 108 valence electrons. The van der Waals surface area contributed by atoms with E-state index < -0.39 is 11.9 Å². The summed E-state index contributed by atoms with van der Waals surface area (Å²) in [5.41, 5.74) is 1.20. The van der Waals surface area contributed by atoms with Crippen LogP contribution in [-0.4, -0.2) is 40.7 Å². The predicted molar refractivity (Wildman–Crippen MR) is 79.5 cm³/mol. The molecule has 2 rings (SSSR count). The Balaban J connectivity index is 1.75. The molecule has 5 heteroatoms. The highest BCUT2D eigenvalue weighted by Gasteiger charge is 2.27. The molecule has 20 heavy (non-hydrogen) atoms. The van der Waals surface area contributed by atoms with Gasteiger partial charge in [-0.1, -0.05) is 30.3 Å². The number of thioether (sulfide) groups is 1. The van der Waals surface area contributed by atoms with Gasteiger partial charge in [-0.3, -0.25) is 9.59 Å². The fourth-order valence-corrected chi connectivity index (χ4v) is 3.21. The van der Waals surface area contributed by atoms with E-state index in [0.29, 0.717) is 25.3 Å². The Morgan fingerprint density at radius 3 is 2.75 bits per heavy atom. The van der Waals surface area contributed by atoms with Gasteiger partial charge in [0.1, 0.15) is 0 Å². The molecule has 1 heterocycles. The van der Waals surface area contributed by atoms with Gasteiger partial charge >= 0.3 is 5.97 Å². The van der Waals surface area contributed by atoms with E-state index in [4.69, 9.17) is 5.11 Å². The Morgan fingerprint density at radius 1 is 1.30 bits per heavy atom. The molecular formula is C15H19NO3S. The third-order valence-corrected chi connectivity index (χ3v) is 4.45. The molecule has 0 bridgehead atoms. The molecule has 0 aliphatic carbocycles. The van der Waals surface area contributed by atoms with Crippen LogP contribution in [0, 0.1) is 5.92 Å². The van der Waals surface area contributed by atoms with Gasteiger partial charge in [-0.05, 0) is 18.4 Å². The summed E-state index contributed by atoms with van der Waals surface area (Å²) in [4.78, 5) is 24.7. The molecule has 0 aromatic heterocycles. The molecule has 1 aromatic carbocycles. The van der Waals surface area contributed by atoms with Crippen molar-refractivity contribution in [2.24, 2.45) is 5.92 Å². The standard InChI is InChI=1S/C15H19NO3S/c17-14(11-20-10-12-5-2-1-3-6-12)16-8-4-7-13(9-16)15(18)19/h1-3,5-6,13H,4,7-11H2,(H,18,19)/t13-/m1/s1. The van der Waals surface area contributed by atoms with Crippen molar-refractivity contribution in [3.05, 3.63) is 35.9 Å². The number of rotatable bonds is 5. The molecule has 1 aromatic rings. The van der Waals surface area contributed by atoms with Crippen LogP contribution in [0.25, 0.3) is 0 Å². The van der Waals surface area contributed by atoms with Crippen LogP contribution >= 0.6 is 11.8 Å². The lowest BCUT2D eigenvalue weighted by atomic mass is 9.98. The molecule has 0 saturated carbocycles. The van der Waals surface area contributed by atoms with Crippen molar-refractivity contribution >= 4 is 23.6 Å². The number of hydrogen-bond acceptors (Lipinski definition) is 3. The number of nitrogens with zero attached hydrogens (tertiary/aromatic N) is 1. The fraction of sp³-hybridized carbons (Fsp3) is 0.467. The largest absolute Gasteiger partial charge is 0.481 e. The van der Waals surface area contributed by atoms with Gasteiger partial charge in [-0.15, -0.1) is 11.8 Å².